The largest absolute Gasteiger partial charge is 0.480 e. The van der Waals surface area contributed by atoms with Gasteiger partial charge in [0.2, 0.25) is 5.91 Å². The highest BCUT2D eigenvalue weighted by atomic mass is 16.5. The Bertz CT molecular complexity index is 905. The van der Waals surface area contributed by atoms with E-state index in [-0.39, 0.29) is 19.4 Å². The lowest BCUT2D eigenvalue weighted by atomic mass is 10.0. The fourth-order valence-corrected chi connectivity index (χ4v) is 4.09. The second-order valence-electron chi connectivity index (χ2n) is 9.38. The zero-order chi connectivity index (χ0) is 26.7. The van der Waals surface area contributed by atoms with Crippen LogP contribution in [0.5, 0.6) is 0 Å². The molecule has 0 saturated heterocycles. The number of aliphatic carboxylic acids is 1. The third kappa shape index (κ3) is 13.0. The van der Waals surface area contributed by atoms with Crippen molar-refractivity contribution < 1.29 is 24.2 Å². The molecule has 9 heteroatoms. The Morgan fingerprint density at radius 2 is 1.54 bits per heavy atom. The summed E-state index contributed by atoms with van der Waals surface area (Å²) >= 11 is 0. The number of H-pyrrole nitrogens is 1. The first-order chi connectivity index (χ1) is 18.0. The predicted octanol–water partition coefficient (Wildman–Crippen LogP) is 4.78. The van der Waals surface area contributed by atoms with Gasteiger partial charge in [-0.2, -0.15) is 0 Å². The third-order valence-corrected chi connectivity index (χ3v) is 6.22. The summed E-state index contributed by atoms with van der Waals surface area (Å²) in [4.78, 5) is 43.9. The number of carbonyl (C=O) groups excluding carboxylic acids is 2. The topological polar surface area (TPSA) is 133 Å². The number of alkyl carbamates (subject to hydrolysis) is 1. The van der Waals surface area contributed by atoms with Crippen molar-refractivity contribution in [2.45, 2.75) is 96.1 Å². The number of nitrogens with zero attached hydrogens (tertiary/aromatic N) is 1. The van der Waals surface area contributed by atoms with E-state index in [1.807, 2.05) is 30.3 Å². The molecule has 0 aliphatic rings. The van der Waals surface area contributed by atoms with E-state index < -0.39 is 30.1 Å². The molecule has 0 fully saturated rings. The lowest BCUT2D eigenvalue weighted by Crippen LogP contribution is -2.53. The molecule has 0 radical (unpaired) electrons. The Hall–Kier alpha value is -3.36. The number of unbranched alkanes of at least 4 members (excludes halogenated alkanes) is 9. The zero-order valence-corrected chi connectivity index (χ0v) is 21.9. The Morgan fingerprint density at radius 1 is 0.892 bits per heavy atom. The van der Waals surface area contributed by atoms with Gasteiger partial charge in [0.1, 0.15) is 12.1 Å². The van der Waals surface area contributed by atoms with Crippen LogP contribution in [0.1, 0.15) is 82.4 Å². The molecule has 37 heavy (non-hydrogen) atoms. The van der Waals surface area contributed by atoms with Crippen molar-refractivity contribution in [1.82, 2.24) is 20.6 Å². The predicted molar refractivity (Wildman–Crippen MR) is 142 cm³/mol. The SMILES string of the molecule is CCCCCCCCCCCCOC(=O)N[C@@H](Cc1ccccc1)C(=O)N[C@@H](Cc1cnc[nH]1)C(=O)O. The van der Waals surface area contributed by atoms with Crippen molar-refractivity contribution in [3.63, 3.8) is 0 Å². The fraction of sp³-hybridized carbons (Fsp3) is 0.571. The van der Waals surface area contributed by atoms with Crippen LogP contribution in [0.3, 0.4) is 0 Å². The van der Waals surface area contributed by atoms with Gasteiger partial charge in [0.15, 0.2) is 0 Å². The number of imidazole rings is 1. The summed E-state index contributed by atoms with van der Waals surface area (Å²) < 4.78 is 5.31. The van der Waals surface area contributed by atoms with Crippen LogP contribution in [-0.2, 0) is 27.2 Å². The molecule has 4 N–H and O–H groups in total. The summed E-state index contributed by atoms with van der Waals surface area (Å²) in [5.74, 6) is -1.77. The number of carboxylic acid groups (broad SMARTS) is 1. The van der Waals surface area contributed by atoms with E-state index in [9.17, 15) is 19.5 Å². The summed E-state index contributed by atoms with van der Waals surface area (Å²) in [6.45, 7) is 2.50. The fourth-order valence-electron chi connectivity index (χ4n) is 4.09. The molecule has 0 aliphatic carbocycles. The monoisotopic (exact) mass is 514 g/mol. The Balaban J connectivity index is 1.79. The number of ether oxygens (including phenoxy) is 1. The maximum atomic E-state index is 13.0. The Morgan fingerprint density at radius 3 is 2.14 bits per heavy atom. The molecule has 1 heterocycles. The van der Waals surface area contributed by atoms with Gasteiger partial charge in [0.05, 0.1) is 12.9 Å². The van der Waals surface area contributed by atoms with Crippen molar-refractivity contribution in [3.8, 4) is 0 Å². The van der Waals surface area contributed by atoms with Crippen molar-refractivity contribution in [3.05, 3.63) is 54.1 Å². The molecule has 0 aliphatic heterocycles. The summed E-state index contributed by atoms with van der Waals surface area (Å²) in [6.07, 6.45) is 14.3. The number of aromatic amines is 1. The van der Waals surface area contributed by atoms with Crippen LogP contribution in [0.4, 0.5) is 4.79 Å². The summed E-state index contributed by atoms with van der Waals surface area (Å²) in [7, 11) is 0. The van der Waals surface area contributed by atoms with Gasteiger partial charge in [-0.25, -0.2) is 14.6 Å². The van der Waals surface area contributed by atoms with Crippen LogP contribution in [-0.4, -0.2) is 51.7 Å². The normalized spacial score (nSPS) is 12.5. The first-order valence-electron chi connectivity index (χ1n) is 13.5. The number of amides is 2. The lowest BCUT2D eigenvalue weighted by Gasteiger charge is -2.21. The maximum Gasteiger partial charge on any atom is 0.407 e. The van der Waals surface area contributed by atoms with Crippen LogP contribution in [0.15, 0.2) is 42.9 Å². The van der Waals surface area contributed by atoms with Crippen molar-refractivity contribution >= 4 is 18.0 Å². The van der Waals surface area contributed by atoms with E-state index >= 15 is 0 Å². The van der Waals surface area contributed by atoms with Crippen LogP contribution >= 0.6 is 0 Å². The van der Waals surface area contributed by atoms with Crippen LogP contribution < -0.4 is 10.6 Å². The van der Waals surface area contributed by atoms with Gasteiger partial charge in [-0.3, -0.25) is 4.79 Å². The van der Waals surface area contributed by atoms with Gasteiger partial charge in [-0.1, -0.05) is 95.0 Å². The standard InChI is InChI=1S/C28H42N4O5/c1-2-3-4-5-6-7-8-9-10-14-17-37-28(36)32-24(18-22-15-12-11-13-16-22)26(33)31-25(27(34)35)19-23-20-29-21-30-23/h11-13,15-16,20-21,24-25H,2-10,14,17-19H2,1H3,(H,29,30)(H,31,33)(H,32,36)(H,34,35)/t24-,25-/m0/s1. The van der Waals surface area contributed by atoms with Crippen LogP contribution in [0.2, 0.25) is 0 Å². The number of benzene rings is 1. The van der Waals surface area contributed by atoms with Crippen LogP contribution in [0, 0.1) is 0 Å². The minimum absolute atomic E-state index is 0.0440. The van der Waals surface area contributed by atoms with Crippen molar-refractivity contribution in [2.24, 2.45) is 0 Å². The number of carboxylic acids is 1. The average Bonchev–Trinajstić information content (AvgIpc) is 3.40. The molecule has 1 aromatic heterocycles. The molecule has 0 bridgehead atoms. The van der Waals surface area contributed by atoms with E-state index in [1.165, 1.54) is 57.5 Å². The van der Waals surface area contributed by atoms with Gasteiger partial charge in [0, 0.05) is 24.7 Å². The van der Waals surface area contributed by atoms with Crippen LogP contribution in [0.25, 0.3) is 0 Å². The quantitative estimate of drug-likeness (QED) is 0.199. The molecule has 2 rings (SSSR count). The molecule has 0 unspecified atom stereocenters. The molecule has 2 amide bonds. The summed E-state index contributed by atoms with van der Waals surface area (Å²) in [5, 5.41) is 14.7. The molecule has 1 aromatic carbocycles. The molecular formula is C28H42N4O5. The minimum atomic E-state index is -1.18. The number of rotatable bonds is 19. The highest BCUT2D eigenvalue weighted by Gasteiger charge is 2.27. The Kier molecular flexibility index (Phi) is 14.5. The molecule has 2 atom stereocenters. The highest BCUT2D eigenvalue weighted by Crippen LogP contribution is 2.11. The van der Waals surface area contributed by atoms with Gasteiger partial charge in [-0.05, 0) is 12.0 Å². The van der Waals surface area contributed by atoms with E-state index in [0.29, 0.717) is 5.69 Å². The first kappa shape index (κ1) is 29.9. The molecule has 9 nitrogen and oxygen atoms in total. The number of carbonyl (C=O) groups is 3. The Labute approximate surface area is 219 Å². The number of hydrogen-bond donors (Lipinski definition) is 4. The van der Waals surface area contributed by atoms with Gasteiger partial charge >= 0.3 is 12.1 Å². The lowest BCUT2D eigenvalue weighted by molar-refractivity contribution is -0.142. The summed E-state index contributed by atoms with van der Waals surface area (Å²) in [5.41, 5.74) is 1.41. The number of hydrogen-bond acceptors (Lipinski definition) is 5. The second kappa shape index (κ2) is 18.0. The van der Waals surface area contributed by atoms with Gasteiger partial charge < -0.3 is 25.5 Å². The number of aromatic nitrogens is 2. The summed E-state index contributed by atoms with van der Waals surface area (Å²) in [6, 6.07) is 7.07. The van der Waals surface area contributed by atoms with E-state index in [0.717, 1.165) is 24.8 Å². The van der Waals surface area contributed by atoms with Crippen molar-refractivity contribution in [1.29, 1.82) is 0 Å². The molecule has 2 aromatic rings. The first-order valence-corrected chi connectivity index (χ1v) is 13.5. The van der Waals surface area contributed by atoms with E-state index in [4.69, 9.17) is 4.74 Å². The third-order valence-electron chi connectivity index (χ3n) is 6.22. The van der Waals surface area contributed by atoms with Gasteiger partial charge in [0.25, 0.3) is 0 Å². The van der Waals surface area contributed by atoms with Gasteiger partial charge in [-0.15, -0.1) is 0 Å². The smallest absolute Gasteiger partial charge is 0.407 e. The van der Waals surface area contributed by atoms with E-state index in [2.05, 4.69) is 27.5 Å². The minimum Gasteiger partial charge on any atom is -0.480 e. The zero-order valence-electron chi connectivity index (χ0n) is 21.9. The maximum absolute atomic E-state index is 13.0. The van der Waals surface area contributed by atoms with E-state index in [1.54, 1.807) is 0 Å². The molecular weight excluding hydrogens is 472 g/mol. The van der Waals surface area contributed by atoms with Crippen molar-refractivity contribution in [2.75, 3.05) is 6.61 Å². The number of nitrogens with one attached hydrogen (secondary N) is 3. The average molecular weight is 515 g/mol. The second-order valence-corrected chi connectivity index (χ2v) is 9.38. The molecule has 0 spiro atoms. The molecule has 0 saturated carbocycles. The molecule has 204 valence electrons. The highest BCUT2D eigenvalue weighted by molar-refractivity contribution is 5.89.